The van der Waals surface area contributed by atoms with Gasteiger partial charge >= 0.3 is 0 Å². The Labute approximate surface area is 144 Å². The van der Waals surface area contributed by atoms with E-state index in [1.165, 1.54) is 0 Å². The molecule has 1 atom stereocenters. The zero-order chi connectivity index (χ0) is 17.8. The normalized spacial score (nSPS) is 12.2. The monoisotopic (exact) mass is 337 g/mol. The van der Waals surface area contributed by atoms with E-state index < -0.39 is 12.0 Å². The van der Waals surface area contributed by atoms with Gasteiger partial charge in [0.25, 0.3) is 11.5 Å². The van der Waals surface area contributed by atoms with Crippen LogP contribution in [-0.2, 0) is 13.0 Å². The van der Waals surface area contributed by atoms with E-state index in [1.54, 1.807) is 24.3 Å². The molecule has 0 radical (unpaired) electrons. The summed E-state index contributed by atoms with van der Waals surface area (Å²) in [5, 5.41) is 15.1. The number of aryl methyl sites for hydroxylation is 1. The summed E-state index contributed by atoms with van der Waals surface area (Å²) >= 11 is 0. The van der Waals surface area contributed by atoms with Crippen LogP contribution in [0.3, 0.4) is 0 Å². The molecule has 6 heteroatoms. The Morgan fingerprint density at radius 1 is 1.08 bits per heavy atom. The molecule has 3 rings (SSSR count). The summed E-state index contributed by atoms with van der Waals surface area (Å²) in [6.45, 7) is 0.0107. The number of aliphatic hydroxyl groups is 1. The van der Waals surface area contributed by atoms with Gasteiger partial charge in [0.2, 0.25) is 0 Å². The zero-order valence-electron chi connectivity index (χ0n) is 13.6. The predicted molar refractivity (Wildman–Crippen MR) is 95.3 cm³/mol. The minimum Gasteiger partial charge on any atom is -0.391 e. The fraction of sp³-hybridized carbons (Fsp3) is 0.211. The van der Waals surface area contributed by atoms with Crippen molar-refractivity contribution in [2.45, 2.75) is 25.5 Å². The fourth-order valence-corrected chi connectivity index (χ4v) is 2.81. The van der Waals surface area contributed by atoms with Gasteiger partial charge in [-0.2, -0.15) is 5.10 Å². The van der Waals surface area contributed by atoms with Gasteiger partial charge in [-0.25, -0.2) is 4.68 Å². The second kappa shape index (κ2) is 7.27. The summed E-state index contributed by atoms with van der Waals surface area (Å²) in [5.74, 6) is -0.705. The van der Waals surface area contributed by atoms with E-state index >= 15 is 0 Å². The van der Waals surface area contributed by atoms with E-state index in [4.69, 9.17) is 5.73 Å². The second-order valence-electron chi connectivity index (χ2n) is 5.92. The fourth-order valence-electron chi connectivity index (χ4n) is 2.81. The van der Waals surface area contributed by atoms with E-state index in [1.807, 2.05) is 30.3 Å². The second-order valence-corrected chi connectivity index (χ2v) is 5.92. The van der Waals surface area contributed by atoms with Gasteiger partial charge in [-0.3, -0.25) is 9.59 Å². The van der Waals surface area contributed by atoms with E-state index in [9.17, 15) is 14.7 Å². The quantitative estimate of drug-likeness (QED) is 0.712. The number of hydrogen-bond donors (Lipinski definition) is 2. The average Bonchev–Trinajstić information content (AvgIpc) is 2.63. The maximum Gasteiger partial charge on any atom is 0.274 e. The highest BCUT2D eigenvalue weighted by atomic mass is 16.3. The zero-order valence-corrected chi connectivity index (χ0v) is 13.6. The minimum atomic E-state index is -0.757. The molecule has 0 saturated carbocycles. The Bertz CT molecular complexity index is 951. The topological polar surface area (TPSA) is 98.2 Å². The molecular weight excluding hydrogens is 318 g/mol. The van der Waals surface area contributed by atoms with Crippen LogP contribution in [0.1, 0.15) is 22.5 Å². The van der Waals surface area contributed by atoms with Gasteiger partial charge in [0, 0.05) is 5.39 Å². The van der Waals surface area contributed by atoms with Crippen molar-refractivity contribution in [1.29, 1.82) is 0 Å². The van der Waals surface area contributed by atoms with Gasteiger partial charge in [-0.05, 0) is 24.5 Å². The van der Waals surface area contributed by atoms with Crippen LogP contribution in [-0.4, -0.2) is 26.9 Å². The number of aromatic nitrogens is 2. The number of carbonyl (C=O) groups is 1. The lowest BCUT2D eigenvalue weighted by molar-refractivity contribution is 0.0991. The molecule has 0 saturated heterocycles. The summed E-state index contributed by atoms with van der Waals surface area (Å²) in [6.07, 6.45) is 0.413. The van der Waals surface area contributed by atoms with Gasteiger partial charge in [0.05, 0.1) is 18.0 Å². The summed E-state index contributed by atoms with van der Waals surface area (Å²) in [6, 6.07) is 16.5. The highest BCUT2D eigenvalue weighted by Gasteiger charge is 2.16. The molecule has 0 aliphatic heterocycles. The number of amides is 1. The number of aliphatic hydroxyl groups excluding tert-OH is 1. The summed E-state index contributed by atoms with van der Waals surface area (Å²) < 4.78 is 1.12. The van der Waals surface area contributed by atoms with Crippen LogP contribution in [0.4, 0.5) is 0 Å². The van der Waals surface area contributed by atoms with Crippen LogP contribution < -0.4 is 11.3 Å². The lowest BCUT2D eigenvalue weighted by atomic mass is 10.1. The van der Waals surface area contributed by atoms with Crippen LogP contribution in [0, 0.1) is 0 Å². The van der Waals surface area contributed by atoms with E-state index in [0.717, 1.165) is 10.2 Å². The van der Waals surface area contributed by atoms with Crippen LogP contribution in [0.25, 0.3) is 10.8 Å². The molecule has 1 amide bonds. The van der Waals surface area contributed by atoms with Gasteiger partial charge in [-0.15, -0.1) is 0 Å². The van der Waals surface area contributed by atoms with Gasteiger partial charge in [0.15, 0.2) is 5.69 Å². The van der Waals surface area contributed by atoms with Crippen LogP contribution >= 0.6 is 0 Å². The van der Waals surface area contributed by atoms with E-state index in [0.29, 0.717) is 23.6 Å². The number of nitrogens with two attached hydrogens (primary N) is 1. The maximum atomic E-state index is 12.6. The number of rotatable bonds is 6. The Morgan fingerprint density at radius 2 is 1.72 bits per heavy atom. The Balaban J connectivity index is 1.84. The first-order chi connectivity index (χ1) is 12.1. The summed E-state index contributed by atoms with van der Waals surface area (Å²) in [5.41, 5.74) is 6.18. The summed E-state index contributed by atoms with van der Waals surface area (Å²) in [4.78, 5) is 24.2. The molecule has 2 aromatic carbocycles. The number of nitrogens with zero attached hydrogens (tertiary/aromatic N) is 2. The molecular formula is C19H19N3O3. The third-order valence-electron chi connectivity index (χ3n) is 4.09. The third-order valence-corrected chi connectivity index (χ3v) is 4.09. The highest BCUT2D eigenvalue weighted by molar-refractivity contribution is 6.03. The standard InChI is InChI=1S/C19H19N3O3/c20-18(24)17-15-8-4-5-9-16(15)19(25)22(21-17)12-14(23)11-10-13-6-2-1-3-7-13/h1-9,14,23H,10-12H2,(H2,20,24)/t14-/m1/s1. The average molecular weight is 337 g/mol. The first-order valence-electron chi connectivity index (χ1n) is 8.08. The van der Waals surface area contributed by atoms with Crippen LogP contribution in [0.2, 0.25) is 0 Å². The van der Waals surface area contributed by atoms with Crippen molar-refractivity contribution in [1.82, 2.24) is 9.78 Å². The first kappa shape index (κ1) is 16.9. The third kappa shape index (κ3) is 3.75. The molecule has 0 bridgehead atoms. The molecule has 25 heavy (non-hydrogen) atoms. The molecule has 0 aliphatic carbocycles. The SMILES string of the molecule is NC(=O)c1nn(C[C@H](O)CCc2ccccc2)c(=O)c2ccccc12. The molecule has 1 aromatic heterocycles. The van der Waals surface area contributed by atoms with Crippen molar-refractivity contribution in [3.8, 4) is 0 Å². The smallest absolute Gasteiger partial charge is 0.274 e. The molecule has 3 N–H and O–H groups in total. The minimum absolute atomic E-state index is 0.0107. The maximum absolute atomic E-state index is 12.6. The van der Waals surface area contributed by atoms with Crippen molar-refractivity contribution < 1.29 is 9.90 Å². The molecule has 3 aromatic rings. The van der Waals surface area contributed by atoms with Crippen molar-refractivity contribution in [2.75, 3.05) is 0 Å². The predicted octanol–water partition coefficient (Wildman–Crippen LogP) is 1.49. The van der Waals surface area contributed by atoms with Crippen molar-refractivity contribution >= 4 is 16.7 Å². The van der Waals surface area contributed by atoms with Crippen molar-refractivity contribution in [3.05, 3.63) is 76.2 Å². The Hall–Kier alpha value is -2.99. The van der Waals surface area contributed by atoms with Crippen LogP contribution in [0.15, 0.2) is 59.4 Å². The molecule has 128 valence electrons. The Morgan fingerprint density at radius 3 is 2.40 bits per heavy atom. The van der Waals surface area contributed by atoms with Gasteiger partial charge < -0.3 is 10.8 Å². The molecule has 6 nitrogen and oxygen atoms in total. The van der Waals surface area contributed by atoms with Crippen molar-refractivity contribution in [2.24, 2.45) is 5.73 Å². The summed E-state index contributed by atoms with van der Waals surface area (Å²) in [7, 11) is 0. The Kier molecular flexibility index (Phi) is 4.90. The molecule has 0 aliphatic rings. The molecule has 0 spiro atoms. The van der Waals surface area contributed by atoms with Crippen molar-refractivity contribution in [3.63, 3.8) is 0 Å². The van der Waals surface area contributed by atoms with E-state index in [-0.39, 0.29) is 17.8 Å². The number of fused-ring (bicyclic) bond motifs is 1. The molecule has 0 fully saturated rings. The number of hydrogen-bond acceptors (Lipinski definition) is 4. The number of carbonyl (C=O) groups excluding carboxylic acids is 1. The lowest BCUT2D eigenvalue weighted by Gasteiger charge is -2.13. The largest absolute Gasteiger partial charge is 0.391 e. The highest BCUT2D eigenvalue weighted by Crippen LogP contribution is 2.13. The number of benzene rings is 2. The lowest BCUT2D eigenvalue weighted by Crippen LogP contribution is -2.32. The molecule has 1 heterocycles. The molecule has 0 unspecified atom stereocenters. The number of primary amides is 1. The van der Waals surface area contributed by atoms with Gasteiger partial charge in [0.1, 0.15) is 0 Å². The van der Waals surface area contributed by atoms with Crippen LogP contribution in [0.5, 0.6) is 0 Å². The van der Waals surface area contributed by atoms with Gasteiger partial charge in [-0.1, -0.05) is 48.5 Å². The van der Waals surface area contributed by atoms with E-state index in [2.05, 4.69) is 5.10 Å². The first-order valence-corrected chi connectivity index (χ1v) is 8.08.